The number of aliphatic hydroxyl groups excluding tert-OH is 1. The predicted octanol–water partition coefficient (Wildman–Crippen LogP) is -0.160. The van der Waals surface area contributed by atoms with Crippen LogP contribution in [0.3, 0.4) is 0 Å². The van der Waals surface area contributed by atoms with Crippen molar-refractivity contribution in [1.82, 2.24) is 20.9 Å². The first-order valence-electron chi connectivity index (χ1n) is 12.9. The topological polar surface area (TPSA) is 213 Å². The molecule has 1 aromatic carbocycles. The van der Waals surface area contributed by atoms with E-state index in [2.05, 4.69) is 20.9 Å². The minimum absolute atomic E-state index is 0.152. The lowest BCUT2D eigenvalue weighted by molar-refractivity contribution is -0.143. The first-order chi connectivity index (χ1) is 18.6. The van der Waals surface area contributed by atoms with E-state index < -0.39 is 54.0 Å². The monoisotopic (exact) mass is 564 g/mol. The van der Waals surface area contributed by atoms with E-state index in [1.54, 1.807) is 6.20 Å². The molecule has 0 aliphatic rings. The average molecular weight is 565 g/mol. The maximum atomic E-state index is 13.1. The fourth-order valence-electron chi connectivity index (χ4n) is 4.08. The largest absolute Gasteiger partial charge is 0.480 e. The van der Waals surface area contributed by atoms with Gasteiger partial charge in [-0.2, -0.15) is 11.8 Å². The lowest BCUT2D eigenvalue weighted by Gasteiger charge is -2.26. The molecule has 5 unspecified atom stereocenters. The molecule has 1 aromatic heterocycles. The number of aliphatic hydroxyl groups is 1. The first kappa shape index (κ1) is 32.1. The normalized spacial score (nSPS) is 15.1. The number of fused-ring (bicyclic) bond motifs is 1. The van der Waals surface area contributed by atoms with Gasteiger partial charge in [0.15, 0.2) is 0 Å². The van der Waals surface area contributed by atoms with Gasteiger partial charge in [-0.3, -0.25) is 14.4 Å². The molecule has 1 heterocycles. The van der Waals surface area contributed by atoms with E-state index in [1.165, 1.54) is 18.7 Å². The van der Waals surface area contributed by atoms with E-state index in [0.29, 0.717) is 25.1 Å². The number of carboxylic acid groups (broad SMARTS) is 1. The summed E-state index contributed by atoms with van der Waals surface area (Å²) in [5.74, 6) is -2.77. The van der Waals surface area contributed by atoms with Crippen molar-refractivity contribution in [3.63, 3.8) is 0 Å². The highest BCUT2D eigenvalue weighted by molar-refractivity contribution is 7.98. The van der Waals surface area contributed by atoms with Crippen LogP contribution >= 0.6 is 11.8 Å². The number of nitrogens with one attached hydrogen (secondary N) is 4. The molecule has 5 atom stereocenters. The molecule has 0 radical (unpaired) electrons. The summed E-state index contributed by atoms with van der Waals surface area (Å²) in [5.41, 5.74) is 13.4. The molecule has 2 aromatic rings. The lowest BCUT2D eigenvalue weighted by Crippen LogP contribution is -2.60. The Kier molecular flexibility index (Phi) is 13.2. The number of carbonyl (C=O) groups is 4. The van der Waals surface area contributed by atoms with E-state index in [0.717, 1.165) is 16.5 Å². The number of aliphatic carboxylic acids is 1. The van der Waals surface area contributed by atoms with Crippen LogP contribution in [0.15, 0.2) is 30.5 Å². The molecule has 0 aliphatic carbocycles. The average Bonchev–Trinajstić information content (AvgIpc) is 3.31. The van der Waals surface area contributed by atoms with Crippen molar-refractivity contribution < 1.29 is 29.4 Å². The van der Waals surface area contributed by atoms with Gasteiger partial charge in [0.05, 0.1) is 12.1 Å². The zero-order valence-corrected chi connectivity index (χ0v) is 23.1. The van der Waals surface area contributed by atoms with Crippen LogP contribution in [-0.2, 0) is 25.6 Å². The van der Waals surface area contributed by atoms with E-state index in [1.807, 2.05) is 30.5 Å². The molecule has 0 aliphatic heterocycles. The van der Waals surface area contributed by atoms with E-state index in [-0.39, 0.29) is 19.3 Å². The zero-order valence-electron chi connectivity index (χ0n) is 22.3. The molecule has 0 fully saturated rings. The highest BCUT2D eigenvalue weighted by Crippen LogP contribution is 2.19. The maximum Gasteiger partial charge on any atom is 0.326 e. The summed E-state index contributed by atoms with van der Waals surface area (Å²) < 4.78 is 0. The standard InChI is InChI=1S/C26H40N6O6S/c1-15(33)22(25(36)31-21(26(37)38)9-5-6-11-27)32-24(35)20(10-12-39-2)30-23(34)18(28)13-16-14-29-19-8-4-3-7-17(16)19/h3-4,7-8,14-15,18,20-22,29,33H,5-6,9-13,27-28H2,1-2H3,(H,30,34)(H,31,36)(H,32,35)(H,37,38). The van der Waals surface area contributed by atoms with Gasteiger partial charge in [0.2, 0.25) is 17.7 Å². The van der Waals surface area contributed by atoms with Crippen LogP contribution in [0.1, 0.15) is 38.2 Å². The van der Waals surface area contributed by atoms with Crippen molar-refractivity contribution in [2.45, 2.75) is 69.3 Å². The summed E-state index contributed by atoms with van der Waals surface area (Å²) in [5, 5.41) is 28.1. The van der Waals surface area contributed by atoms with E-state index >= 15 is 0 Å². The van der Waals surface area contributed by atoms with Crippen molar-refractivity contribution in [1.29, 1.82) is 0 Å². The van der Waals surface area contributed by atoms with Crippen LogP contribution < -0.4 is 27.4 Å². The molecule has 0 spiro atoms. The molecule has 10 N–H and O–H groups in total. The fraction of sp³-hybridized carbons (Fsp3) is 0.538. The summed E-state index contributed by atoms with van der Waals surface area (Å²) >= 11 is 1.47. The maximum absolute atomic E-state index is 13.1. The number of rotatable bonds is 17. The Morgan fingerprint density at radius 2 is 1.69 bits per heavy atom. The summed E-state index contributed by atoms with van der Waals surface area (Å²) in [6.45, 7) is 1.70. The number of hydrogen-bond acceptors (Lipinski definition) is 8. The van der Waals surface area contributed by atoms with Crippen LogP contribution in [0, 0.1) is 0 Å². The molecule has 3 amide bonds. The molecule has 216 valence electrons. The number of H-pyrrole nitrogens is 1. The van der Waals surface area contributed by atoms with Gasteiger partial charge < -0.3 is 42.6 Å². The Hall–Kier alpha value is -3.13. The smallest absolute Gasteiger partial charge is 0.326 e. The number of aromatic nitrogens is 1. The Balaban J connectivity index is 2.07. The van der Waals surface area contributed by atoms with Gasteiger partial charge in [0.1, 0.15) is 18.1 Å². The summed E-state index contributed by atoms with van der Waals surface area (Å²) in [6.07, 6.45) is 4.05. The number of hydrogen-bond donors (Lipinski definition) is 8. The third-order valence-electron chi connectivity index (χ3n) is 6.32. The second-order valence-electron chi connectivity index (χ2n) is 9.42. The van der Waals surface area contributed by atoms with Gasteiger partial charge in [-0.05, 0) is 69.2 Å². The highest BCUT2D eigenvalue weighted by Gasteiger charge is 2.32. The van der Waals surface area contributed by atoms with Crippen LogP contribution in [0.4, 0.5) is 0 Å². The lowest BCUT2D eigenvalue weighted by atomic mass is 10.0. The molecule has 13 heteroatoms. The Labute approximate surface area is 232 Å². The summed E-state index contributed by atoms with van der Waals surface area (Å²) in [6, 6.07) is 3.05. The van der Waals surface area contributed by atoms with Crippen molar-refractivity contribution in [3.8, 4) is 0 Å². The number of benzene rings is 1. The summed E-state index contributed by atoms with van der Waals surface area (Å²) in [7, 11) is 0. The molecular weight excluding hydrogens is 524 g/mol. The van der Waals surface area contributed by atoms with Gasteiger partial charge in [-0.1, -0.05) is 18.2 Å². The van der Waals surface area contributed by atoms with Crippen LogP contribution in [-0.4, -0.2) is 87.7 Å². The number of para-hydroxylation sites is 1. The zero-order chi connectivity index (χ0) is 28.9. The molecular formula is C26H40N6O6S. The van der Waals surface area contributed by atoms with Crippen molar-refractivity contribution >= 4 is 46.4 Å². The highest BCUT2D eigenvalue weighted by atomic mass is 32.2. The van der Waals surface area contributed by atoms with Crippen molar-refractivity contribution in [2.24, 2.45) is 11.5 Å². The third kappa shape index (κ3) is 9.84. The number of carboxylic acids is 1. The fourth-order valence-corrected chi connectivity index (χ4v) is 4.56. The number of aromatic amines is 1. The van der Waals surface area contributed by atoms with Gasteiger partial charge in [0.25, 0.3) is 0 Å². The quantitative estimate of drug-likeness (QED) is 0.120. The predicted molar refractivity (Wildman–Crippen MR) is 151 cm³/mol. The first-order valence-corrected chi connectivity index (χ1v) is 14.3. The Bertz CT molecular complexity index is 1110. The third-order valence-corrected chi connectivity index (χ3v) is 6.96. The molecule has 0 saturated heterocycles. The summed E-state index contributed by atoms with van der Waals surface area (Å²) in [4.78, 5) is 53.6. The second kappa shape index (κ2) is 16.1. The SMILES string of the molecule is CSCCC(NC(=O)C(N)Cc1c[nH]c2ccccc12)C(=O)NC(C(=O)NC(CCCCN)C(=O)O)C(C)O. The van der Waals surface area contributed by atoms with Crippen molar-refractivity contribution in [3.05, 3.63) is 36.0 Å². The Morgan fingerprint density at radius 3 is 2.33 bits per heavy atom. The second-order valence-corrected chi connectivity index (χ2v) is 10.4. The van der Waals surface area contributed by atoms with E-state index in [4.69, 9.17) is 11.5 Å². The van der Waals surface area contributed by atoms with Gasteiger partial charge in [0, 0.05) is 17.1 Å². The minimum atomic E-state index is -1.43. The number of carbonyl (C=O) groups excluding carboxylic acids is 3. The molecule has 2 rings (SSSR count). The Morgan fingerprint density at radius 1 is 1.00 bits per heavy atom. The number of nitrogens with two attached hydrogens (primary N) is 2. The minimum Gasteiger partial charge on any atom is -0.480 e. The number of amides is 3. The number of thioether (sulfide) groups is 1. The van der Waals surface area contributed by atoms with Gasteiger partial charge in [-0.15, -0.1) is 0 Å². The van der Waals surface area contributed by atoms with Gasteiger partial charge >= 0.3 is 5.97 Å². The molecule has 0 bridgehead atoms. The number of unbranched alkanes of at least 4 members (excludes halogenated alkanes) is 1. The van der Waals surface area contributed by atoms with Crippen LogP contribution in [0.2, 0.25) is 0 Å². The van der Waals surface area contributed by atoms with Crippen LogP contribution in [0.5, 0.6) is 0 Å². The molecule has 0 saturated carbocycles. The molecule has 39 heavy (non-hydrogen) atoms. The van der Waals surface area contributed by atoms with Crippen molar-refractivity contribution in [2.75, 3.05) is 18.6 Å². The van der Waals surface area contributed by atoms with E-state index in [9.17, 15) is 29.4 Å². The molecule has 12 nitrogen and oxygen atoms in total. The van der Waals surface area contributed by atoms with Crippen LogP contribution in [0.25, 0.3) is 10.9 Å². The van der Waals surface area contributed by atoms with Gasteiger partial charge in [-0.25, -0.2) is 4.79 Å².